The molecule has 0 saturated carbocycles. The molecule has 2 aromatic carbocycles. The molecule has 0 aliphatic heterocycles. The summed E-state index contributed by atoms with van der Waals surface area (Å²) in [5, 5.41) is 20.2. The van der Waals surface area contributed by atoms with Crippen molar-refractivity contribution >= 4 is 26.6 Å². The fraction of sp³-hybridized carbons (Fsp3) is 0.190. The predicted octanol–water partition coefficient (Wildman–Crippen LogP) is 3.60. The molecule has 1 aromatic heterocycles. The van der Waals surface area contributed by atoms with Gasteiger partial charge in [-0.2, -0.15) is 5.26 Å². The van der Waals surface area contributed by atoms with Crippen molar-refractivity contribution in [1.82, 2.24) is 4.98 Å². The van der Waals surface area contributed by atoms with E-state index in [1.165, 1.54) is 30.3 Å². The number of pyridine rings is 1. The largest absolute Gasteiger partial charge is 0.505 e. The van der Waals surface area contributed by atoms with Gasteiger partial charge in [-0.25, -0.2) is 18.2 Å². The molecular formula is C21H18N2O5S. The molecule has 0 unspecified atom stereocenters. The minimum Gasteiger partial charge on any atom is -0.505 e. The summed E-state index contributed by atoms with van der Waals surface area (Å²) in [6, 6.07) is 13.8. The summed E-state index contributed by atoms with van der Waals surface area (Å²) >= 11 is 0. The molecule has 0 radical (unpaired) electrons. The third-order valence-corrected chi connectivity index (χ3v) is 6.15. The quantitative estimate of drug-likeness (QED) is 0.487. The Bertz CT molecular complexity index is 1220. The van der Waals surface area contributed by atoms with Crippen molar-refractivity contribution in [2.45, 2.75) is 29.6 Å². The van der Waals surface area contributed by atoms with Crippen LogP contribution in [-0.2, 0) is 14.6 Å². The lowest BCUT2D eigenvalue weighted by atomic mass is 10.1. The van der Waals surface area contributed by atoms with E-state index in [-0.39, 0.29) is 32.9 Å². The number of aromatic nitrogens is 1. The zero-order chi connectivity index (χ0) is 21.0. The minimum atomic E-state index is -4.03. The molecule has 0 spiro atoms. The number of rotatable bonds is 6. The van der Waals surface area contributed by atoms with Gasteiger partial charge in [-0.3, -0.25) is 0 Å². The number of hydrogen-bond acceptors (Lipinski definition) is 7. The van der Waals surface area contributed by atoms with Gasteiger partial charge in [0.15, 0.2) is 11.4 Å². The third-order valence-electron chi connectivity index (χ3n) is 4.34. The highest BCUT2D eigenvalue weighted by Crippen LogP contribution is 2.37. The van der Waals surface area contributed by atoms with Crippen molar-refractivity contribution in [2.24, 2.45) is 0 Å². The standard InChI is InChI=1S/C21H18N2O5S/c1-2-3-12-28-21(25)19-20(24)18-15(16(13-22)23-19)10-7-11-17(18)29(26,27)14-8-5-4-6-9-14/h4-11,24H,2-3,12H2,1H3. The average Bonchev–Trinajstić information content (AvgIpc) is 2.74. The van der Waals surface area contributed by atoms with Gasteiger partial charge in [0.2, 0.25) is 9.84 Å². The summed E-state index contributed by atoms with van der Waals surface area (Å²) in [4.78, 5) is 16.1. The number of carbonyl (C=O) groups is 1. The second-order valence-corrected chi connectivity index (χ2v) is 8.17. The van der Waals surface area contributed by atoms with E-state index in [9.17, 15) is 23.6 Å². The van der Waals surface area contributed by atoms with E-state index in [0.29, 0.717) is 6.42 Å². The number of ether oxygens (including phenoxy) is 1. The van der Waals surface area contributed by atoms with E-state index in [1.54, 1.807) is 18.2 Å². The number of sulfone groups is 1. The number of fused-ring (bicyclic) bond motifs is 1. The summed E-state index contributed by atoms with van der Waals surface area (Å²) in [6.45, 7) is 2.05. The Hall–Kier alpha value is -3.44. The van der Waals surface area contributed by atoms with Crippen LogP contribution in [0.2, 0.25) is 0 Å². The summed E-state index contributed by atoms with van der Waals surface area (Å²) in [7, 11) is -4.03. The van der Waals surface area contributed by atoms with Crippen LogP contribution in [0.3, 0.4) is 0 Å². The number of aromatic hydroxyl groups is 1. The first kappa shape index (κ1) is 20.3. The maximum Gasteiger partial charge on any atom is 0.360 e. The predicted molar refractivity (Wildman–Crippen MR) is 105 cm³/mol. The van der Waals surface area contributed by atoms with Crippen LogP contribution in [0.15, 0.2) is 58.3 Å². The van der Waals surface area contributed by atoms with Gasteiger partial charge in [-0.1, -0.05) is 43.7 Å². The Morgan fingerprint density at radius 3 is 2.55 bits per heavy atom. The molecule has 3 aromatic rings. The molecule has 0 bridgehead atoms. The molecule has 1 N–H and O–H groups in total. The fourth-order valence-corrected chi connectivity index (χ4v) is 4.37. The monoisotopic (exact) mass is 410 g/mol. The summed E-state index contributed by atoms with van der Waals surface area (Å²) in [5.41, 5.74) is -0.661. The van der Waals surface area contributed by atoms with Crippen molar-refractivity contribution in [2.75, 3.05) is 6.61 Å². The number of nitrogens with zero attached hydrogens (tertiary/aromatic N) is 2. The Labute approximate surface area is 168 Å². The van der Waals surface area contributed by atoms with E-state index < -0.39 is 27.2 Å². The lowest BCUT2D eigenvalue weighted by Crippen LogP contribution is -2.11. The molecule has 7 nitrogen and oxygen atoms in total. The highest BCUT2D eigenvalue weighted by atomic mass is 32.2. The van der Waals surface area contributed by atoms with Crippen molar-refractivity contribution in [1.29, 1.82) is 5.26 Å². The number of carbonyl (C=O) groups excluding carboxylic acids is 1. The van der Waals surface area contributed by atoms with Crippen LogP contribution in [0.5, 0.6) is 5.75 Å². The average molecular weight is 410 g/mol. The number of hydrogen-bond donors (Lipinski definition) is 1. The fourth-order valence-electron chi connectivity index (χ4n) is 2.87. The van der Waals surface area contributed by atoms with E-state index in [2.05, 4.69) is 4.98 Å². The van der Waals surface area contributed by atoms with Gasteiger partial charge in [0, 0.05) is 10.8 Å². The van der Waals surface area contributed by atoms with Gasteiger partial charge in [-0.15, -0.1) is 0 Å². The van der Waals surface area contributed by atoms with Gasteiger partial charge >= 0.3 is 5.97 Å². The van der Waals surface area contributed by atoms with Crippen LogP contribution in [0, 0.1) is 11.3 Å². The second-order valence-electron chi connectivity index (χ2n) is 6.25. The highest BCUT2D eigenvalue weighted by molar-refractivity contribution is 7.91. The number of esters is 1. The number of benzene rings is 2. The van der Waals surface area contributed by atoms with Crippen molar-refractivity contribution in [3.05, 3.63) is 59.9 Å². The first-order valence-electron chi connectivity index (χ1n) is 8.94. The third kappa shape index (κ3) is 3.77. The molecule has 0 fully saturated rings. The van der Waals surface area contributed by atoms with E-state index in [0.717, 1.165) is 6.42 Å². The maximum atomic E-state index is 13.2. The van der Waals surface area contributed by atoms with Crippen molar-refractivity contribution in [3.8, 4) is 11.8 Å². The SMILES string of the molecule is CCCCOC(=O)c1nc(C#N)c2cccc(S(=O)(=O)c3ccccc3)c2c1O. The van der Waals surface area contributed by atoms with E-state index in [1.807, 2.05) is 13.0 Å². The van der Waals surface area contributed by atoms with E-state index in [4.69, 9.17) is 4.74 Å². The van der Waals surface area contributed by atoms with E-state index >= 15 is 0 Å². The zero-order valence-electron chi connectivity index (χ0n) is 15.6. The van der Waals surface area contributed by atoms with Crippen LogP contribution in [0.4, 0.5) is 0 Å². The van der Waals surface area contributed by atoms with Crippen molar-refractivity contribution in [3.63, 3.8) is 0 Å². The highest BCUT2D eigenvalue weighted by Gasteiger charge is 2.27. The summed E-state index contributed by atoms with van der Waals surface area (Å²) in [5.74, 6) is -1.54. The number of nitriles is 1. The summed E-state index contributed by atoms with van der Waals surface area (Å²) in [6.07, 6.45) is 1.42. The molecule has 29 heavy (non-hydrogen) atoms. The molecule has 1 heterocycles. The maximum absolute atomic E-state index is 13.2. The summed E-state index contributed by atoms with van der Waals surface area (Å²) < 4.78 is 31.4. The Morgan fingerprint density at radius 2 is 1.90 bits per heavy atom. The Balaban J connectivity index is 2.27. The van der Waals surface area contributed by atoms with Gasteiger partial charge in [0.05, 0.1) is 16.4 Å². The lowest BCUT2D eigenvalue weighted by molar-refractivity contribution is 0.0489. The molecule has 3 rings (SSSR count). The Morgan fingerprint density at radius 1 is 1.17 bits per heavy atom. The van der Waals surface area contributed by atoms with Crippen LogP contribution in [0.25, 0.3) is 10.8 Å². The normalized spacial score (nSPS) is 11.2. The second kappa shape index (κ2) is 8.29. The minimum absolute atomic E-state index is 0.0225. The zero-order valence-corrected chi connectivity index (χ0v) is 16.4. The lowest BCUT2D eigenvalue weighted by Gasteiger charge is -2.13. The first-order chi connectivity index (χ1) is 13.9. The first-order valence-corrected chi connectivity index (χ1v) is 10.4. The molecule has 8 heteroatoms. The van der Waals surface area contributed by atoms with Crippen molar-refractivity contribution < 1.29 is 23.1 Å². The van der Waals surface area contributed by atoms with Gasteiger partial charge < -0.3 is 9.84 Å². The molecule has 0 aliphatic carbocycles. The van der Waals surface area contributed by atoms with Gasteiger partial charge in [0.1, 0.15) is 11.8 Å². The van der Waals surface area contributed by atoms with Gasteiger partial charge in [-0.05, 0) is 24.6 Å². The molecule has 0 saturated heterocycles. The molecule has 0 atom stereocenters. The number of unbranched alkanes of at least 4 members (excludes halogenated alkanes) is 1. The molecule has 0 aliphatic rings. The van der Waals surface area contributed by atoms with Crippen LogP contribution in [0.1, 0.15) is 35.9 Å². The van der Waals surface area contributed by atoms with Crippen LogP contribution >= 0.6 is 0 Å². The molecule has 148 valence electrons. The van der Waals surface area contributed by atoms with Crippen LogP contribution < -0.4 is 0 Å². The van der Waals surface area contributed by atoms with Crippen LogP contribution in [-0.4, -0.2) is 31.1 Å². The molecule has 0 amide bonds. The topological polar surface area (TPSA) is 117 Å². The Kier molecular flexibility index (Phi) is 5.80. The smallest absolute Gasteiger partial charge is 0.360 e. The van der Waals surface area contributed by atoms with Gasteiger partial charge in [0.25, 0.3) is 0 Å². The molecular weight excluding hydrogens is 392 g/mol.